The molecule has 0 heterocycles. The first-order valence-electron chi connectivity index (χ1n) is 10.4. The summed E-state index contributed by atoms with van der Waals surface area (Å²) in [4.78, 5) is 0. The van der Waals surface area contributed by atoms with Crippen molar-refractivity contribution in [2.45, 2.75) is 40.0 Å². The summed E-state index contributed by atoms with van der Waals surface area (Å²) < 4.78 is 0. The van der Waals surface area contributed by atoms with Gasteiger partial charge >= 0.3 is 0 Å². The summed E-state index contributed by atoms with van der Waals surface area (Å²) in [6.07, 6.45) is 8.76. The molecule has 0 radical (unpaired) electrons. The molecule has 2 nitrogen and oxygen atoms in total. The number of aliphatic hydroxyl groups is 2. The van der Waals surface area contributed by atoms with Crippen LogP contribution in [0.2, 0.25) is 0 Å². The Labute approximate surface area is 175 Å². The molecule has 0 amide bonds. The zero-order chi connectivity index (χ0) is 21.2. The maximum absolute atomic E-state index is 9.22. The maximum Gasteiger partial charge on any atom is 0.0481 e. The summed E-state index contributed by atoms with van der Waals surface area (Å²) in [6.45, 7) is 10.5. The van der Waals surface area contributed by atoms with Gasteiger partial charge in [-0.15, -0.1) is 0 Å². The van der Waals surface area contributed by atoms with Crippen LogP contribution in [-0.2, 0) is 6.42 Å². The Morgan fingerprint density at radius 1 is 1.00 bits per heavy atom. The van der Waals surface area contributed by atoms with E-state index < -0.39 is 0 Å². The van der Waals surface area contributed by atoms with Gasteiger partial charge in [0.05, 0.1) is 0 Å². The van der Waals surface area contributed by atoms with Crippen LogP contribution >= 0.6 is 0 Å². The molecule has 0 saturated heterocycles. The zero-order valence-electron chi connectivity index (χ0n) is 18.0. The summed E-state index contributed by atoms with van der Waals surface area (Å²) in [7, 11) is 0. The van der Waals surface area contributed by atoms with Gasteiger partial charge in [0, 0.05) is 19.1 Å². The number of hydrogen-bond acceptors (Lipinski definition) is 2. The Kier molecular flexibility index (Phi) is 9.11. The minimum Gasteiger partial charge on any atom is -0.396 e. The van der Waals surface area contributed by atoms with E-state index in [1.54, 1.807) is 0 Å². The summed E-state index contributed by atoms with van der Waals surface area (Å²) in [5, 5.41) is 18.4. The largest absolute Gasteiger partial charge is 0.396 e. The third-order valence-electron chi connectivity index (χ3n) is 5.41. The van der Waals surface area contributed by atoms with Crippen molar-refractivity contribution in [3.8, 4) is 11.1 Å². The average molecular weight is 391 g/mol. The third-order valence-corrected chi connectivity index (χ3v) is 5.41. The van der Waals surface area contributed by atoms with Crippen molar-refractivity contribution in [1.29, 1.82) is 0 Å². The molecule has 29 heavy (non-hydrogen) atoms. The van der Waals surface area contributed by atoms with Crippen molar-refractivity contribution in [2.75, 3.05) is 13.2 Å². The van der Waals surface area contributed by atoms with E-state index in [4.69, 9.17) is 0 Å². The Hall–Kier alpha value is -2.42. The van der Waals surface area contributed by atoms with Gasteiger partial charge in [-0.05, 0) is 60.9 Å². The van der Waals surface area contributed by atoms with E-state index in [1.807, 2.05) is 6.08 Å². The van der Waals surface area contributed by atoms with Gasteiger partial charge in [-0.1, -0.05) is 85.3 Å². The van der Waals surface area contributed by atoms with Crippen molar-refractivity contribution in [2.24, 2.45) is 5.92 Å². The minimum absolute atomic E-state index is 0.0325. The molecule has 0 unspecified atom stereocenters. The second-order valence-corrected chi connectivity index (χ2v) is 7.70. The average Bonchev–Trinajstić information content (AvgIpc) is 2.75. The first kappa shape index (κ1) is 22.9. The van der Waals surface area contributed by atoms with E-state index in [9.17, 15) is 10.2 Å². The highest BCUT2D eigenvalue weighted by Crippen LogP contribution is 2.28. The molecule has 0 fully saturated rings. The highest BCUT2D eigenvalue weighted by molar-refractivity contribution is 5.79. The van der Waals surface area contributed by atoms with Crippen molar-refractivity contribution < 1.29 is 10.2 Å². The SMILES string of the molecule is C=C/C(=C\C=C(/C)CCC(CO)CO)c1ccc(-c2ccc(C)cc2)cc1CC. The monoisotopic (exact) mass is 390 g/mol. The van der Waals surface area contributed by atoms with E-state index in [0.717, 1.165) is 24.8 Å². The van der Waals surface area contributed by atoms with Crippen LogP contribution in [0.25, 0.3) is 16.7 Å². The highest BCUT2D eigenvalue weighted by Gasteiger charge is 2.08. The van der Waals surface area contributed by atoms with Crippen LogP contribution in [0.3, 0.4) is 0 Å². The van der Waals surface area contributed by atoms with Gasteiger partial charge in [-0.25, -0.2) is 0 Å². The van der Waals surface area contributed by atoms with Gasteiger partial charge in [0.2, 0.25) is 0 Å². The first-order valence-corrected chi connectivity index (χ1v) is 10.4. The molecule has 2 rings (SSSR count). The maximum atomic E-state index is 9.22. The van der Waals surface area contributed by atoms with Crippen molar-refractivity contribution in [3.63, 3.8) is 0 Å². The highest BCUT2D eigenvalue weighted by atomic mass is 16.3. The fourth-order valence-corrected chi connectivity index (χ4v) is 3.35. The summed E-state index contributed by atoms with van der Waals surface area (Å²) in [6, 6.07) is 15.3. The van der Waals surface area contributed by atoms with Crippen LogP contribution in [0, 0.1) is 12.8 Å². The number of allylic oxidation sites excluding steroid dienone is 5. The number of benzene rings is 2. The van der Waals surface area contributed by atoms with Gasteiger partial charge < -0.3 is 10.2 Å². The van der Waals surface area contributed by atoms with Crippen LogP contribution in [0.1, 0.15) is 43.4 Å². The lowest BCUT2D eigenvalue weighted by molar-refractivity contribution is 0.144. The van der Waals surface area contributed by atoms with Crippen molar-refractivity contribution >= 4 is 5.57 Å². The Morgan fingerprint density at radius 3 is 2.24 bits per heavy atom. The van der Waals surface area contributed by atoms with Crippen molar-refractivity contribution in [3.05, 3.63) is 89.5 Å². The number of aryl methyl sites for hydroxylation is 2. The summed E-state index contributed by atoms with van der Waals surface area (Å²) in [5.74, 6) is -0.0396. The summed E-state index contributed by atoms with van der Waals surface area (Å²) >= 11 is 0. The molecule has 0 spiro atoms. The number of aliphatic hydroxyl groups excluding tert-OH is 2. The lowest BCUT2D eigenvalue weighted by Crippen LogP contribution is -2.10. The molecule has 0 aliphatic heterocycles. The van der Waals surface area contributed by atoms with Crippen LogP contribution in [0.15, 0.2) is 72.8 Å². The van der Waals surface area contributed by atoms with Crippen LogP contribution in [0.4, 0.5) is 0 Å². The van der Waals surface area contributed by atoms with E-state index in [2.05, 4.69) is 82.0 Å². The molecule has 0 aromatic heterocycles. The standard InChI is InChI=1S/C27H34O2/c1-5-23(12-8-20(3)7-11-22(18-28)19-29)27-16-15-26(17-24(27)6-2)25-13-9-21(4)10-14-25/h5,8-10,12-17,22,28-29H,1,6-7,11,18-19H2,2-4H3/b20-8+,23-12+. The van der Waals surface area contributed by atoms with Gasteiger partial charge in [0.25, 0.3) is 0 Å². The van der Waals surface area contributed by atoms with Crippen LogP contribution < -0.4 is 0 Å². The summed E-state index contributed by atoms with van der Waals surface area (Å²) in [5.41, 5.74) is 8.60. The zero-order valence-corrected chi connectivity index (χ0v) is 18.0. The Balaban J connectivity index is 2.25. The molecule has 0 aliphatic rings. The molecule has 2 aromatic rings. The number of hydrogen-bond donors (Lipinski definition) is 2. The smallest absolute Gasteiger partial charge is 0.0481 e. The second-order valence-electron chi connectivity index (χ2n) is 7.70. The fourth-order valence-electron chi connectivity index (χ4n) is 3.35. The third kappa shape index (κ3) is 6.56. The molecular formula is C27H34O2. The molecule has 0 atom stereocenters. The number of rotatable bonds is 10. The quantitative estimate of drug-likeness (QED) is 0.480. The first-order chi connectivity index (χ1) is 14.0. The lowest BCUT2D eigenvalue weighted by Gasteiger charge is -2.12. The molecule has 0 bridgehead atoms. The van der Waals surface area contributed by atoms with Gasteiger partial charge in [0.15, 0.2) is 0 Å². The van der Waals surface area contributed by atoms with Crippen LogP contribution in [0.5, 0.6) is 0 Å². The Bertz CT molecular complexity index is 853. The Morgan fingerprint density at radius 2 is 1.66 bits per heavy atom. The van der Waals surface area contributed by atoms with E-state index in [-0.39, 0.29) is 19.1 Å². The normalized spacial score (nSPS) is 12.5. The van der Waals surface area contributed by atoms with E-state index in [1.165, 1.54) is 33.4 Å². The molecule has 154 valence electrons. The molecule has 0 saturated carbocycles. The van der Waals surface area contributed by atoms with Crippen LogP contribution in [-0.4, -0.2) is 23.4 Å². The molecular weight excluding hydrogens is 356 g/mol. The predicted molar refractivity (Wildman–Crippen MR) is 125 cm³/mol. The van der Waals surface area contributed by atoms with E-state index >= 15 is 0 Å². The second kappa shape index (κ2) is 11.5. The van der Waals surface area contributed by atoms with Gasteiger partial charge in [-0.2, -0.15) is 0 Å². The molecule has 0 aliphatic carbocycles. The fraction of sp³-hybridized carbons (Fsp3) is 0.333. The minimum atomic E-state index is -0.0396. The van der Waals surface area contributed by atoms with Gasteiger partial charge in [0.1, 0.15) is 0 Å². The lowest BCUT2D eigenvalue weighted by atomic mass is 9.92. The van der Waals surface area contributed by atoms with Gasteiger partial charge in [-0.3, -0.25) is 0 Å². The topological polar surface area (TPSA) is 40.5 Å². The van der Waals surface area contributed by atoms with E-state index in [0.29, 0.717) is 0 Å². The molecule has 2 N–H and O–H groups in total. The predicted octanol–water partition coefficient (Wildman–Crippen LogP) is 6.12. The molecule has 2 aromatic carbocycles. The molecule has 2 heteroatoms. The van der Waals surface area contributed by atoms with Crippen molar-refractivity contribution in [1.82, 2.24) is 0 Å².